The summed E-state index contributed by atoms with van der Waals surface area (Å²) in [6, 6.07) is 4.76. The molecule has 0 unspecified atom stereocenters. The summed E-state index contributed by atoms with van der Waals surface area (Å²) in [5, 5.41) is 0.137. The zero-order chi connectivity index (χ0) is 14.8. The van der Waals surface area contributed by atoms with Crippen molar-refractivity contribution in [3.05, 3.63) is 35.2 Å². The van der Waals surface area contributed by atoms with E-state index in [-0.39, 0.29) is 17.4 Å². The minimum absolute atomic E-state index is 0. The number of piperidine rings is 1. The Kier molecular flexibility index (Phi) is 5.70. The van der Waals surface area contributed by atoms with E-state index in [9.17, 15) is 4.39 Å². The Morgan fingerprint density at radius 3 is 2.59 bits per heavy atom. The number of benzene rings is 1. The zero-order valence-corrected chi connectivity index (χ0v) is 14.1. The summed E-state index contributed by atoms with van der Waals surface area (Å²) in [4.78, 5) is 7.09. The van der Waals surface area contributed by atoms with Crippen LogP contribution in [0.15, 0.2) is 24.4 Å². The molecule has 0 saturated carbocycles. The van der Waals surface area contributed by atoms with Crippen molar-refractivity contribution in [3.8, 4) is 11.3 Å². The van der Waals surface area contributed by atoms with E-state index in [1.54, 1.807) is 12.1 Å². The molecule has 3 nitrogen and oxygen atoms in total. The molecule has 1 saturated heterocycles. The van der Waals surface area contributed by atoms with E-state index in [1.165, 1.54) is 25.3 Å². The average Bonchev–Trinajstić information content (AvgIpc) is 2.95. The van der Waals surface area contributed by atoms with Gasteiger partial charge in [-0.1, -0.05) is 11.6 Å². The highest BCUT2D eigenvalue weighted by molar-refractivity contribution is 6.31. The molecule has 0 atom stereocenters. The van der Waals surface area contributed by atoms with Gasteiger partial charge in [0.1, 0.15) is 5.82 Å². The first-order chi connectivity index (χ1) is 10.2. The molecule has 0 radical (unpaired) electrons. The van der Waals surface area contributed by atoms with Crippen LogP contribution in [0.2, 0.25) is 5.02 Å². The number of halogens is 3. The van der Waals surface area contributed by atoms with Crippen molar-refractivity contribution in [2.45, 2.75) is 32.7 Å². The van der Waals surface area contributed by atoms with Crippen LogP contribution in [0.3, 0.4) is 0 Å². The first-order valence-corrected chi connectivity index (χ1v) is 7.84. The van der Waals surface area contributed by atoms with Crippen LogP contribution in [0.1, 0.15) is 26.2 Å². The molecule has 0 aliphatic carbocycles. The lowest BCUT2D eigenvalue weighted by Crippen LogP contribution is -2.31. The van der Waals surface area contributed by atoms with Crippen LogP contribution in [0.4, 0.5) is 10.3 Å². The van der Waals surface area contributed by atoms with Crippen molar-refractivity contribution in [1.82, 2.24) is 9.55 Å². The standard InChI is InChI=1S/C16H19ClFN3.ClH/c1-2-20-11-15(12-6-7-14(18)13(17)10-12)19-16(20)21-8-4-3-5-9-21;/h6-7,10-11H,2-5,8-9H2,1H3;1H. The van der Waals surface area contributed by atoms with E-state index < -0.39 is 5.82 Å². The van der Waals surface area contributed by atoms with Gasteiger partial charge in [0.15, 0.2) is 0 Å². The minimum Gasteiger partial charge on any atom is -0.342 e. The van der Waals surface area contributed by atoms with Gasteiger partial charge in [0.2, 0.25) is 5.95 Å². The third kappa shape index (κ3) is 3.39. The molecule has 3 rings (SSSR count). The highest BCUT2D eigenvalue weighted by Crippen LogP contribution is 2.28. The van der Waals surface area contributed by atoms with E-state index in [0.29, 0.717) is 0 Å². The summed E-state index contributed by atoms with van der Waals surface area (Å²) in [6.45, 7) is 5.09. The lowest BCUT2D eigenvalue weighted by Gasteiger charge is -2.27. The van der Waals surface area contributed by atoms with Crippen LogP contribution in [0, 0.1) is 5.82 Å². The number of aromatic nitrogens is 2. The maximum Gasteiger partial charge on any atom is 0.206 e. The van der Waals surface area contributed by atoms with Crippen LogP contribution in [0.25, 0.3) is 11.3 Å². The monoisotopic (exact) mass is 343 g/mol. The van der Waals surface area contributed by atoms with Crippen molar-refractivity contribution in [2.24, 2.45) is 0 Å². The van der Waals surface area contributed by atoms with Gasteiger partial charge in [-0.05, 0) is 44.4 Å². The second kappa shape index (κ2) is 7.34. The molecule has 6 heteroatoms. The summed E-state index contributed by atoms with van der Waals surface area (Å²) in [6.07, 6.45) is 5.75. The predicted molar refractivity (Wildman–Crippen MR) is 91.6 cm³/mol. The number of nitrogens with zero attached hydrogens (tertiary/aromatic N) is 3. The molecule has 1 aromatic heterocycles. The SMILES string of the molecule is CCn1cc(-c2ccc(F)c(Cl)c2)nc1N1CCCCC1.Cl. The summed E-state index contributed by atoms with van der Waals surface area (Å²) >= 11 is 5.87. The topological polar surface area (TPSA) is 21.1 Å². The molecule has 120 valence electrons. The predicted octanol–water partition coefficient (Wildman–Crippen LogP) is 4.77. The number of hydrogen-bond acceptors (Lipinski definition) is 2. The summed E-state index contributed by atoms with van der Waals surface area (Å²) in [7, 11) is 0. The first-order valence-electron chi connectivity index (χ1n) is 7.46. The molecule has 0 N–H and O–H groups in total. The van der Waals surface area contributed by atoms with Crippen LogP contribution in [-0.4, -0.2) is 22.6 Å². The second-order valence-corrected chi connectivity index (χ2v) is 5.80. The molecule has 0 bridgehead atoms. The quantitative estimate of drug-likeness (QED) is 0.799. The summed E-state index contributed by atoms with van der Waals surface area (Å²) in [5.74, 6) is 0.610. The van der Waals surface area contributed by atoms with Gasteiger partial charge in [-0.15, -0.1) is 12.4 Å². The van der Waals surface area contributed by atoms with Crippen molar-refractivity contribution in [1.29, 1.82) is 0 Å². The average molecular weight is 344 g/mol. The second-order valence-electron chi connectivity index (χ2n) is 5.39. The number of rotatable bonds is 3. The molecule has 1 fully saturated rings. The van der Waals surface area contributed by atoms with E-state index in [4.69, 9.17) is 16.6 Å². The fraction of sp³-hybridized carbons (Fsp3) is 0.438. The van der Waals surface area contributed by atoms with Crippen molar-refractivity contribution < 1.29 is 4.39 Å². The van der Waals surface area contributed by atoms with Gasteiger partial charge < -0.3 is 9.47 Å². The lowest BCUT2D eigenvalue weighted by molar-refractivity contribution is 0.556. The van der Waals surface area contributed by atoms with Crippen molar-refractivity contribution in [2.75, 3.05) is 18.0 Å². The van der Waals surface area contributed by atoms with E-state index in [1.807, 2.05) is 6.20 Å². The normalized spacial score (nSPS) is 14.8. The highest BCUT2D eigenvalue weighted by Gasteiger charge is 2.18. The molecule has 0 amide bonds. The van der Waals surface area contributed by atoms with E-state index >= 15 is 0 Å². The molecular weight excluding hydrogens is 324 g/mol. The maximum absolute atomic E-state index is 13.3. The van der Waals surface area contributed by atoms with Crippen LogP contribution < -0.4 is 4.90 Å². The fourth-order valence-electron chi connectivity index (χ4n) is 2.78. The molecule has 2 heterocycles. The van der Waals surface area contributed by atoms with Gasteiger partial charge in [0, 0.05) is 31.4 Å². The Balaban J connectivity index is 0.00000176. The summed E-state index contributed by atoms with van der Waals surface area (Å²) < 4.78 is 15.4. The molecule has 2 aromatic rings. The third-order valence-electron chi connectivity index (χ3n) is 3.95. The first kappa shape index (κ1) is 17.1. The van der Waals surface area contributed by atoms with E-state index in [2.05, 4.69) is 16.4 Å². The van der Waals surface area contributed by atoms with E-state index in [0.717, 1.165) is 36.8 Å². The summed E-state index contributed by atoms with van der Waals surface area (Å²) in [5.41, 5.74) is 1.70. The van der Waals surface area contributed by atoms with Gasteiger partial charge in [0.05, 0.1) is 10.7 Å². The smallest absolute Gasteiger partial charge is 0.206 e. The van der Waals surface area contributed by atoms with Crippen LogP contribution in [-0.2, 0) is 6.54 Å². The Morgan fingerprint density at radius 2 is 1.95 bits per heavy atom. The minimum atomic E-state index is -0.397. The molecule has 0 spiro atoms. The van der Waals surface area contributed by atoms with Gasteiger partial charge in [0.25, 0.3) is 0 Å². The maximum atomic E-state index is 13.3. The van der Waals surface area contributed by atoms with Crippen molar-refractivity contribution >= 4 is 30.0 Å². The number of anilines is 1. The van der Waals surface area contributed by atoms with Gasteiger partial charge in [-0.25, -0.2) is 9.37 Å². The lowest BCUT2D eigenvalue weighted by atomic mass is 10.1. The van der Waals surface area contributed by atoms with Crippen molar-refractivity contribution in [3.63, 3.8) is 0 Å². The molecule has 1 aliphatic rings. The number of imidazole rings is 1. The fourth-order valence-corrected chi connectivity index (χ4v) is 2.96. The molecule has 1 aromatic carbocycles. The van der Waals surface area contributed by atoms with Gasteiger partial charge in [-0.3, -0.25) is 0 Å². The van der Waals surface area contributed by atoms with Crippen LogP contribution >= 0.6 is 24.0 Å². The van der Waals surface area contributed by atoms with Crippen LogP contribution in [0.5, 0.6) is 0 Å². The Labute approximate surface area is 141 Å². The third-order valence-corrected chi connectivity index (χ3v) is 4.24. The number of hydrogen-bond donors (Lipinski definition) is 0. The zero-order valence-electron chi connectivity index (χ0n) is 12.6. The molecular formula is C16H20Cl2FN3. The Morgan fingerprint density at radius 1 is 1.23 bits per heavy atom. The van der Waals surface area contributed by atoms with Gasteiger partial charge >= 0.3 is 0 Å². The molecule has 22 heavy (non-hydrogen) atoms. The highest BCUT2D eigenvalue weighted by atomic mass is 35.5. The van der Waals surface area contributed by atoms with Gasteiger partial charge in [-0.2, -0.15) is 0 Å². The Bertz CT molecular complexity index is 636. The number of aryl methyl sites for hydroxylation is 1. The largest absolute Gasteiger partial charge is 0.342 e. The molecule has 1 aliphatic heterocycles. The Hall–Kier alpha value is -1.26.